The van der Waals surface area contributed by atoms with Crippen molar-refractivity contribution in [2.45, 2.75) is 26.4 Å². The smallest absolute Gasteiger partial charge is 0.159 e. The van der Waals surface area contributed by atoms with Crippen LogP contribution in [0.5, 0.6) is 0 Å². The number of fused-ring (bicyclic) bond motifs is 1. The number of aryl methyl sites for hydroxylation is 1. The quantitative estimate of drug-likeness (QED) is 0.668. The molecule has 3 heterocycles. The van der Waals surface area contributed by atoms with Crippen molar-refractivity contribution in [2.24, 2.45) is 0 Å². The number of halogens is 1. The fraction of sp³-hybridized carbons (Fsp3) is 0.250. The van der Waals surface area contributed by atoms with Gasteiger partial charge >= 0.3 is 0 Å². The van der Waals surface area contributed by atoms with Crippen LogP contribution < -0.4 is 0 Å². The number of rotatable bonds is 3. The predicted octanol–water partition coefficient (Wildman–Crippen LogP) is 4.06. The molecule has 0 bridgehead atoms. The highest BCUT2D eigenvalue weighted by Crippen LogP contribution is 2.23. The molecule has 4 rings (SSSR count). The first-order chi connectivity index (χ1) is 12.2. The molecule has 2 aromatic heterocycles. The van der Waals surface area contributed by atoms with E-state index < -0.39 is 0 Å². The number of pyridine rings is 1. The van der Waals surface area contributed by atoms with Gasteiger partial charge in [0.25, 0.3) is 0 Å². The normalized spacial score (nSPS) is 14.3. The summed E-state index contributed by atoms with van der Waals surface area (Å²) in [6.45, 7) is 4.55. The van der Waals surface area contributed by atoms with Crippen LogP contribution in [-0.2, 0) is 19.5 Å². The third-order valence-electron chi connectivity index (χ3n) is 4.50. The van der Waals surface area contributed by atoms with Gasteiger partial charge in [-0.2, -0.15) is 0 Å². The van der Waals surface area contributed by atoms with Crippen molar-refractivity contribution < 1.29 is 0 Å². The van der Waals surface area contributed by atoms with Crippen molar-refractivity contribution in [3.63, 3.8) is 0 Å². The summed E-state index contributed by atoms with van der Waals surface area (Å²) in [5.41, 5.74) is 5.42. The minimum Gasteiger partial charge on any atom is -0.294 e. The zero-order valence-electron chi connectivity index (χ0n) is 14.1. The van der Waals surface area contributed by atoms with Crippen LogP contribution >= 0.6 is 11.6 Å². The van der Waals surface area contributed by atoms with Gasteiger partial charge in [0.05, 0.1) is 5.69 Å². The molecule has 3 aromatic rings. The second-order valence-electron chi connectivity index (χ2n) is 6.39. The summed E-state index contributed by atoms with van der Waals surface area (Å²) < 4.78 is 0. The monoisotopic (exact) mass is 350 g/mol. The lowest BCUT2D eigenvalue weighted by Crippen LogP contribution is -2.31. The van der Waals surface area contributed by atoms with E-state index in [1.165, 1.54) is 5.56 Å². The Bertz CT molecular complexity index is 895. The Morgan fingerprint density at radius 1 is 1.08 bits per heavy atom. The van der Waals surface area contributed by atoms with Gasteiger partial charge in [0.15, 0.2) is 5.82 Å². The molecule has 0 amide bonds. The molecule has 0 saturated heterocycles. The lowest BCUT2D eigenvalue weighted by molar-refractivity contribution is 0.242. The Labute approximate surface area is 152 Å². The molecular weight excluding hydrogens is 332 g/mol. The van der Waals surface area contributed by atoms with E-state index in [0.717, 1.165) is 54.4 Å². The Hall–Kier alpha value is -2.30. The summed E-state index contributed by atoms with van der Waals surface area (Å²) in [4.78, 5) is 16.0. The van der Waals surface area contributed by atoms with Crippen molar-refractivity contribution >= 4 is 11.6 Å². The summed E-state index contributed by atoms with van der Waals surface area (Å²) >= 11 is 6.28. The second kappa shape index (κ2) is 6.90. The number of aromatic nitrogens is 3. The Balaban J connectivity index is 1.52. The zero-order valence-corrected chi connectivity index (χ0v) is 14.9. The highest BCUT2D eigenvalue weighted by molar-refractivity contribution is 6.30. The lowest BCUT2D eigenvalue weighted by atomic mass is 10.1. The summed E-state index contributed by atoms with van der Waals surface area (Å²) in [5.74, 6) is 0.804. The van der Waals surface area contributed by atoms with Crippen LogP contribution in [0, 0.1) is 6.92 Å². The first-order valence-corrected chi connectivity index (χ1v) is 8.81. The van der Waals surface area contributed by atoms with Crippen LogP contribution in [0.2, 0.25) is 5.15 Å². The third kappa shape index (κ3) is 3.55. The molecule has 0 unspecified atom stereocenters. The zero-order chi connectivity index (χ0) is 17.2. The molecule has 0 atom stereocenters. The van der Waals surface area contributed by atoms with E-state index in [0.29, 0.717) is 5.15 Å². The van der Waals surface area contributed by atoms with Crippen LogP contribution in [0.1, 0.15) is 22.5 Å². The molecule has 0 radical (unpaired) electrons. The first-order valence-electron chi connectivity index (χ1n) is 8.43. The van der Waals surface area contributed by atoms with Crippen molar-refractivity contribution in [1.82, 2.24) is 19.9 Å². The van der Waals surface area contributed by atoms with Crippen molar-refractivity contribution in [2.75, 3.05) is 6.54 Å². The fourth-order valence-electron chi connectivity index (χ4n) is 3.15. The minimum atomic E-state index is 0.599. The summed E-state index contributed by atoms with van der Waals surface area (Å²) in [6, 6.07) is 14.2. The largest absolute Gasteiger partial charge is 0.294 e. The van der Waals surface area contributed by atoms with Crippen molar-refractivity contribution in [3.8, 4) is 11.4 Å². The predicted molar refractivity (Wildman–Crippen MR) is 99.3 cm³/mol. The maximum absolute atomic E-state index is 6.28. The van der Waals surface area contributed by atoms with E-state index in [-0.39, 0.29) is 0 Å². The molecule has 0 spiro atoms. The summed E-state index contributed by atoms with van der Waals surface area (Å²) in [6.07, 6.45) is 2.89. The van der Waals surface area contributed by atoms with E-state index in [1.54, 1.807) is 0 Å². The number of nitrogens with zero attached hydrogens (tertiary/aromatic N) is 4. The lowest BCUT2D eigenvalue weighted by Gasteiger charge is -2.28. The summed E-state index contributed by atoms with van der Waals surface area (Å²) in [7, 11) is 0. The topological polar surface area (TPSA) is 41.9 Å². The Kier molecular flexibility index (Phi) is 4.47. The van der Waals surface area contributed by atoms with E-state index in [1.807, 2.05) is 49.5 Å². The van der Waals surface area contributed by atoms with Gasteiger partial charge in [-0.05, 0) is 13.0 Å². The van der Waals surface area contributed by atoms with Gasteiger partial charge in [0, 0.05) is 54.6 Å². The molecule has 0 fully saturated rings. The molecule has 1 aliphatic heterocycles. The van der Waals surface area contributed by atoms with Crippen LogP contribution in [0.25, 0.3) is 11.4 Å². The average Bonchev–Trinajstić information content (AvgIpc) is 2.64. The van der Waals surface area contributed by atoms with Gasteiger partial charge in [-0.3, -0.25) is 4.90 Å². The average molecular weight is 351 g/mol. The minimum absolute atomic E-state index is 0.599. The molecule has 4 nitrogen and oxygen atoms in total. The fourth-order valence-corrected chi connectivity index (χ4v) is 3.40. The van der Waals surface area contributed by atoms with Crippen LogP contribution in [0.3, 0.4) is 0 Å². The SMILES string of the molecule is Cc1ccc(CN2CCc3nc(-c4ccccc4)ncc3C2)c(Cl)n1. The molecule has 0 N–H and O–H groups in total. The number of benzene rings is 1. The Morgan fingerprint density at radius 2 is 1.92 bits per heavy atom. The Morgan fingerprint density at radius 3 is 2.72 bits per heavy atom. The van der Waals surface area contributed by atoms with Crippen molar-refractivity contribution in [3.05, 3.63) is 76.3 Å². The molecule has 126 valence electrons. The number of hydrogen-bond donors (Lipinski definition) is 0. The van der Waals surface area contributed by atoms with E-state index in [4.69, 9.17) is 16.6 Å². The highest BCUT2D eigenvalue weighted by Gasteiger charge is 2.19. The molecule has 5 heteroatoms. The van der Waals surface area contributed by atoms with Crippen LogP contribution in [-0.4, -0.2) is 26.4 Å². The van der Waals surface area contributed by atoms with Crippen molar-refractivity contribution in [1.29, 1.82) is 0 Å². The van der Waals surface area contributed by atoms with E-state index in [2.05, 4.69) is 20.9 Å². The maximum atomic E-state index is 6.28. The second-order valence-corrected chi connectivity index (χ2v) is 6.75. The molecule has 1 aliphatic rings. The van der Waals surface area contributed by atoms with Gasteiger partial charge in [0.1, 0.15) is 5.15 Å². The van der Waals surface area contributed by atoms with Crippen LogP contribution in [0.15, 0.2) is 48.7 Å². The van der Waals surface area contributed by atoms with Crippen LogP contribution in [0.4, 0.5) is 0 Å². The maximum Gasteiger partial charge on any atom is 0.159 e. The molecule has 0 aliphatic carbocycles. The van der Waals surface area contributed by atoms with Gasteiger partial charge in [-0.25, -0.2) is 15.0 Å². The molecule has 1 aromatic carbocycles. The highest BCUT2D eigenvalue weighted by atomic mass is 35.5. The summed E-state index contributed by atoms with van der Waals surface area (Å²) in [5, 5.41) is 0.599. The van der Waals surface area contributed by atoms with Gasteiger partial charge in [-0.15, -0.1) is 0 Å². The van der Waals surface area contributed by atoms with Gasteiger partial charge in [-0.1, -0.05) is 48.0 Å². The number of hydrogen-bond acceptors (Lipinski definition) is 4. The van der Waals surface area contributed by atoms with E-state index >= 15 is 0 Å². The first kappa shape index (κ1) is 16.2. The van der Waals surface area contributed by atoms with Gasteiger partial charge in [0.2, 0.25) is 0 Å². The third-order valence-corrected chi connectivity index (χ3v) is 4.83. The van der Waals surface area contributed by atoms with E-state index in [9.17, 15) is 0 Å². The standard InChI is InChI=1S/C20H19ClN4/c1-14-7-8-16(19(21)23-14)12-25-10-9-18-17(13-25)11-22-20(24-18)15-5-3-2-4-6-15/h2-8,11H,9-10,12-13H2,1H3. The molecule has 0 saturated carbocycles. The molecular formula is C20H19ClN4. The molecule has 25 heavy (non-hydrogen) atoms. The van der Waals surface area contributed by atoms with Gasteiger partial charge < -0.3 is 0 Å².